The summed E-state index contributed by atoms with van der Waals surface area (Å²) < 4.78 is 15.2. The SMILES string of the molecule is Cc1ccc(C)c(P(=O)(C(=O)c2c(Cl)ccc3ccccc23)C(=O)c2c(Cl)ccc3ccccc23)c1. The van der Waals surface area contributed by atoms with E-state index >= 15 is 4.57 Å². The third-order valence-corrected chi connectivity index (χ3v) is 9.84. The van der Waals surface area contributed by atoms with Gasteiger partial charge in [-0.15, -0.1) is 0 Å². The Morgan fingerprint density at radius 3 is 1.61 bits per heavy atom. The highest BCUT2D eigenvalue weighted by atomic mass is 35.5. The molecule has 0 aromatic heterocycles. The Balaban J connectivity index is 1.87. The van der Waals surface area contributed by atoms with E-state index in [9.17, 15) is 9.59 Å². The molecular weight excluding hydrogens is 510 g/mol. The number of hydrogen-bond acceptors (Lipinski definition) is 3. The highest BCUT2D eigenvalue weighted by Gasteiger charge is 2.46. The fourth-order valence-electron chi connectivity index (χ4n) is 4.61. The van der Waals surface area contributed by atoms with E-state index in [0.717, 1.165) is 16.3 Å². The summed E-state index contributed by atoms with van der Waals surface area (Å²) in [4.78, 5) is 28.8. The van der Waals surface area contributed by atoms with Gasteiger partial charge in [0, 0.05) is 5.30 Å². The van der Waals surface area contributed by atoms with E-state index in [0.29, 0.717) is 16.3 Å². The van der Waals surface area contributed by atoms with Crippen molar-refractivity contribution in [3.63, 3.8) is 0 Å². The number of aryl methyl sites for hydroxylation is 2. The molecule has 0 aliphatic carbocycles. The zero-order valence-corrected chi connectivity index (χ0v) is 22.0. The van der Waals surface area contributed by atoms with Gasteiger partial charge in [0.15, 0.2) is 0 Å². The van der Waals surface area contributed by atoms with Gasteiger partial charge < -0.3 is 4.57 Å². The lowest BCUT2D eigenvalue weighted by Crippen LogP contribution is -2.23. The lowest BCUT2D eigenvalue weighted by atomic mass is 10.1. The minimum atomic E-state index is -4.47. The Morgan fingerprint density at radius 1 is 0.639 bits per heavy atom. The van der Waals surface area contributed by atoms with Crippen LogP contribution in [0.2, 0.25) is 10.0 Å². The van der Waals surface area contributed by atoms with Crippen molar-refractivity contribution in [3.8, 4) is 0 Å². The summed E-state index contributed by atoms with van der Waals surface area (Å²) in [5.74, 6) is 0. The molecule has 178 valence electrons. The fourth-order valence-corrected chi connectivity index (χ4v) is 7.93. The van der Waals surface area contributed by atoms with E-state index in [2.05, 4.69) is 0 Å². The summed E-state index contributed by atoms with van der Waals surface area (Å²) in [5, 5.41) is 3.07. The molecule has 5 aromatic carbocycles. The molecule has 5 aromatic rings. The molecule has 0 atom stereocenters. The van der Waals surface area contributed by atoms with Crippen molar-refractivity contribution in [2.45, 2.75) is 13.8 Å². The van der Waals surface area contributed by atoms with E-state index in [-0.39, 0.29) is 26.5 Å². The first-order valence-electron chi connectivity index (χ1n) is 11.4. The predicted molar refractivity (Wildman–Crippen MR) is 150 cm³/mol. The Hall–Kier alpha value is -3.23. The van der Waals surface area contributed by atoms with E-state index in [1.54, 1.807) is 67.6 Å². The van der Waals surface area contributed by atoms with Crippen LogP contribution in [0.4, 0.5) is 0 Å². The first-order valence-corrected chi connectivity index (χ1v) is 13.8. The Bertz CT molecular complexity index is 1660. The van der Waals surface area contributed by atoms with Gasteiger partial charge in [-0.05, 0) is 59.2 Å². The standard InChI is InChI=1S/C30H21Cl2O3P/c1-18-11-12-19(2)26(17-18)36(35,29(33)27-22-9-5-3-7-20(22)13-15-24(27)31)30(34)28-23-10-6-4-8-21(23)14-16-25(28)32/h3-17H,1-2H3. The van der Waals surface area contributed by atoms with Gasteiger partial charge in [0.2, 0.25) is 18.2 Å². The Kier molecular flexibility index (Phi) is 6.34. The molecule has 3 nitrogen and oxygen atoms in total. The minimum absolute atomic E-state index is 0.0729. The van der Waals surface area contributed by atoms with Crippen LogP contribution in [0.25, 0.3) is 21.5 Å². The second-order valence-corrected chi connectivity index (χ2v) is 12.1. The van der Waals surface area contributed by atoms with Crippen molar-refractivity contribution in [2.75, 3.05) is 0 Å². The molecule has 0 unspecified atom stereocenters. The molecule has 0 bridgehead atoms. The lowest BCUT2D eigenvalue weighted by molar-refractivity contribution is 0.104. The second-order valence-electron chi connectivity index (χ2n) is 8.80. The molecule has 0 N–H and O–H groups in total. The van der Waals surface area contributed by atoms with Crippen molar-refractivity contribution in [1.29, 1.82) is 0 Å². The smallest absolute Gasteiger partial charge is 0.249 e. The topological polar surface area (TPSA) is 51.2 Å². The van der Waals surface area contributed by atoms with Crippen LogP contribution in [0.3, 0.4) is 0 Å². The average molecular weight is 531 g/mol. The predicted octanol–water partition coefficient (Wildman–Crippen LogP) is 8.59. The second kappa shape index (κ2) is 9.33. The van der Waals surface area contributed by atoms with E-state index < -0.39 is 18.2 Å². The van der Waals surface area contributed by atoms with Gasteiger partial charge in [-0.1, -0.05) is 102 Å². The number of carbonyl (C=O) groups excluding carboxylic acids is 2. The molecule has 6 heteroatoms. The zero-order valence-electron chi connectivity index (χ0n) is 19.6. The maximum atomic E-state index is 15.2. The van der Waals surface area contributed by atoms with Crippen LogP contribution in [0, 0.1) is 13.8 Å². The normalized spacial score (nSPS) is 11.7. The molecule has 0 radical (unpaired) electrons. The molecule has 0 amide bonds. The highest BCUT2D eigenvalue weighted by molar-refractivity contribution is 8.01. The van der Waals surface area contributed by atoms with Gasteiger partial charge in [-0.25, -0.2) is 0 Å². The fraction of sp³-hybridized carbons (Fsp3) is 0.0667. The van der Waals surface area contributed by atoms with Gasteiger partial charge in [0.25, 0.3) is 0 Å². The summed E-state index contributed by atoms with van der Waals surface area (Å²) in [6, 6.07) is 26.5. The van der Waals surface area contributed by atoms with E-state index in [1.807, 2.05) is 37.3 Å². The average Bonchev–Trinajstić information content (AvgIpc) is 2.88. The number of halogens is 2. The Morgan fingerprint density at radius 2 is 1.11 bits per heavy atom. The molecule has 0 saturated heterocycles. The van der Waals surface area contributed by atoms with Crippen molar-refractivity contribution in [1.82, 2.24) is 0 Å². The van der Waals surface area contributed by atoms with E-state index in [1.165, 1.54) is 0 Å². The summed E-state index contributed by atoms with van der Waals surface area (Å²) in [6.45, 7) is 3.58. The number of rotatable bonds is 5. The van der Waals surface area contributed by atoms with Crippen LogP contribution in [0.1, 0.15) is 31.8 Å². The number of carbonyl (C=O) groups is 2. The van der Waals surface area contributed by atoms with Crippen molar-refractivity contribution < 1.29 is 14.2 Å². The molecule has 0 saturated carbocycles. The molecule has 0 aliphatic heterocycles. The first kappa shape index (κ1) is 24.5. The monoisotopic (exact) mass is 530 g/mol. The van der Waals surface area contributed by atoms with Gasteiger partial charge >= 0.3 is 0 Å². The molecule has 0 aliphatic rings. The van der Waals surface area contributed by atoms with Gasteiger partial charge in [0.1, 0.15) is 0 Å². The summed E-state index contributed by atoms with van der Waals surface area (Å²) in [7, 11) is -4.47. The zero-order chi connectivity index (χ0) is 25.6. The minimum Gasteiger partial charge on any atom is -0.302 e. The molecule has 0 fully saturated rings. The first-order chi connectivity index (χ1) is 17.2. The van der Waals surface area contributed by atoms with Crippen LogP contribution in [0.15, 0.2) is 91.0 Å². The van der Waals surface area contributed by atoms with E-state index in [4.69, 9.17) is 23.2 Å². The third-order valence-electron chi connectivity index (χ3n) is 6.46. The summed E-state index contributed by atoms with van der Waals surface area (Å²) in [5.41, 5.74) is -0.0887. The highest BCUT2D eigenvalue weighted by Crippen LogP contribution is 2.55. The van der Waals surface area contributed by atoms with Crippen LogP contribution in [-0.4, -0.2) is 11.0 Å². The van der Waals surface area contributed by atoms with Crippen molar-refractivity contribution in [3.05, 3.63) is 123 Å². The molecule has 0 heterocycles. The molecule has 36 heavy (non-hydrogen) atoms. The third kappa shape index (κ3) is 3.89. The molecular formula is C30H21Cl2O3P. The number of hydrogen-bond donors (Lipinski definition) is 0. The maximum Gasteiger partial charge on any atom is 0.249 e. The number of benzene rings is 5. The largest absolute Gasteiger partial charge is 0.302 e. The van der Waals surface area contributed by atoms with Crippen LogP contribution in [0.5, 0.6) is 0 Å². The quantitative estimate of drug-likeness (QED) is 0.214. The van der Waals surface area contributed by atoms with Crippen LogP contribution < -0.4 is 5.30 Å². The number of fused-ring (bicyclic) bond motifs is 2. The summed E-state index contributed by atoms with van der Waals surface area (Å²) in [6.07, 6.45) is 0. The van der Waals surface area contributed by atoms with Gasteiger partial charge in [-0.2, -0.15) is 0 Å². The molecule has 5 rings (SSSR count). The lowest BCUT2D eigenvalue weighted by Gasteiger charge is -2.21. The summed E-state index contributed by atoms with van der Waals surface area (Å²) >= 11 is 13.1. The maximum absolute atomic E-state index is 15.2. The molecule has 0 spiro atoms. The Labute approximate surface area is 219 Å². The van der Waals surface area contributed by atoms with Crippen molar-refractivity contribution in [2.24, 2.45) is 0 Å². The van der Waals surface area contributed by atoms with Gasteiger partial charge in [-0.3, -0.25) is 9.59 Å². The van der Waals surface area contributed by atoms with Crippen LogP contribution in [-0.2, 0) is 4.57 Å². The van der Waals surface area contributed by atoms with Gasteiger partial charge in [0.05, 0.1) is 21.2 Å². The van der Waals surface area contributed by atoms with Crippen molar-refractivity contribution >= 4 is 68.2 Å². The van der Waals surface area contributed by atoms with Crippen LogP contribution >= 0.6 is 30.3 Å².